The summed E-state index contributed by atoms with van der Waals surface area (Å²) in [6.07, 6.45) is 2.21. The Morgan fingerprint density at radius 3 is 2.57 bits per heavy atom. The van der Waals surface area contributed by atoms with Crippen molar-refractivity contribution in [3.05, 3.63) is 0 Å². The molecule has 1 aliphatic heterocycles. The first-order valence-corrected chi connectivity index (χ1v) is 7.10. The van der Waals surface area contributed by atoms with E-state index in [2.05, 4.69) is 10.6 Å². The first-order chi connectivity index (χ1) is 6.64. The molecular formula is C9H20N2O2S. The molecule has 5 heteroatoms. The third kappa shape index (κ3) is 4.39. The second-order valence-electron chi connectivity index (χ2n) is 3.71. The van der Waals surface area contributed by atoms with Gasteiger partial charge in [-0.15, -0.1) is 0 Å². The van der Waals surface area contributed by atoms with Gasteiger partial charge in [0.15, 0.2) is 9.84 Å². The molecule has 0 atom stereocenters. The van der Waals surface area contributed by atoms with Gasteiger partial charge in [0.05, 0.1) is 5.75 Å². The molecule has 1 saturated heterocycles. The van der Waals surface area contributed by atoms with Crippen molar-refractivity contribution in [3.63, 3.8) is 0 Å². The van der Waals surface area contributed by atoms with Crippen molar-refractivity contribution in [2.75, 3.05) is 31.1 Å². The van der Waals surface area contributed by atoms with E-state index in [1.54, 1.807) is 6.92 Å². The van der Waals surface area contributed by atoms with Gasteiger partial charge in [0.1, 0.15) is 0 Å². The van der Waals surface area contributed by atoms with Gasteiger partial charge in [0.2, 0.25) is 0 Å². The molecule has 0 amide bonds. The van der Waals surface area contributed by atoms with Crippen molar-refractivity contribution < 1.29 is 8.42 Å². The average Bonchev–Trinajstić information content (AvgIpc) is 2.19. The molecule has 0 aliphatic carbocycles. The minimum absolute atomic E-state index is 0.251. The van der Waals surface area contributed by atoms with E-state index in [-0.39, 0.29) is 11.5 Å². The molecular weight excluding hydrogens is 200 g/mol. The van der Waals surface area contributed by atoms with Crippen LogP contribution < -0.4 is 10.6 Å². The predicted octanol–water partition coefficient (Wildman–Crippen LogP) is -0.237. The lowest BCUT2D eigenvalue weighted by Crippen LogP contribution is -2.41. The van der Waals surface area contributed by atoms with Crippen LogP contribution in [0.1, 0.15) is 19.8 Å². The zero-order valence-corrected chi connectivity index (χ0v) is 9.57. The van der Waals surface area contributed by atoms with Crippen LogP contribution in [0.5, 0.6) is 0 Å². The fourth-order valence-electron chi connectivity index (χ4n) is 1.59. The Hall–Kier alpha value is -0.130. The highest BCUT2D eigenvalue weighted by Gasteiger charge is 2.13. The number of rotatable bonds is 5. The van der Waals surface area contributed by atoms with Crippen molar-refractivity contribution in [2.24, 2.45) is 0 Å². The van der Waals surface area contributed by atoms with Crippen molar-refractivity contribution in [2.45, 2.75) is 25.8 Å². The summed E-state index contributed by atoms with van der Waals surface area (Å²) in [5, 5.41) is 6.57. The maximum Gasteiger partial charge on any atom is 0.151 e. The molecule has 1 heterocycles. The van der Waals surface area contributed by atoms with Gasteiger partial charge in [-0.25, -0.2) is 8.42 Å². The normalized spacial score (nSPS) is 19.8. The van der Waals surface area contributed by atoms with Gasteiger partial charge in [-0.3, -0.25) is 0 Å². The zero-order valence-electron chi connectivity index (χ0n) is 8.75. The largest absolute Gasteiger partial charge is 0.317 e. The van der Waals surface area contributed by atoms with E-state index < -0.39 is 9.84 Å². The third-order valence-corrected chi connectivity index (χ3v) is 4.33. The summed E-state index contributed by atoms with van der Waals surface area (Å²) < 4.78 is 22.4. The number of nitrogens with one attached hydrogen (secondary N) is 2. The Kier molecular flexibility index (Phi) is 4.84. The number of piperidine rings is 1. The molecule has 1 aliphatic rings. The quantitative estimate of drug-likeness (QED) is 0.671. The molecule has 0 bridgehead atoms. The van der Waals surface area contributed by atoms with E-state index >= 15 is 0 Å². The Morgan fingerprint density at radius 1 is 1.36 bits per heavy atom. The second-order valence-corrected chi connectivity index (χ2v) is 6.19. The van der Waals surface area contributed by atoms with Crippen molar-refractivity contribution in [1.29, 1.82) is 0 Å². The number of hydrogen-bond acceptors (Lipinski definition) is 4. The van der Waals surface area contributed by atoms with Crippen LogP contribution >= 0.6 is 0 Å². The molecule has 2 N–H and O–H groups in total. The molecule has 0 aromatic heterocycles. The third-order valence-electron chi connectivity index (χ3n) is 2.63. The molecule has 0 unspecified atom stereocenters. The number of hydrogen-bond donors (Lipinski definition) is 2. The van der Waals surface area contributed by atoms with Gasteiger partial charge in [-0.1, -0.05) is 6.92 Å². The lowest BCUT2D eigenvalue weighted by Gasteiger charge is -2.23. The Balaban J connectivity index is 2.14. The minimum Gasteiger partial charge on any atom is -0.317 e. The van der Waals surface area contributed by atoms with Crippen molar-refractivity contribution in [1.82, 2.24) is 10.6 Å². The molecule has 84 valence electrons. The van der Waals surface area contributed by atoms with Gasteiger partial charge in [-0.2, -0.15) is 0 Å². The van der Waals surface area contributed by atoms with Gasteiger partial charge < -0.3 is 10.6 Å². The highest BCUT2D eigenvalue weighted by molar-refractivity contribution is 7.91. The summed E-state index contributed by atoms with van der Waals surface area (Å²) in [5.41, 5.74) is 0. The van der Waals surface area contributed by atoms with Gasteiger partial charge in [0, 0.05) is 18.3 Å². The van der Waals surface area contributed by atoms with Crippen LogP contribution in [0, 0.1) is 0 Å². The molecule has 14 heavy (non-hydrogen) atoms. The zero-order chi connectivity index (χ0) is 10.4. The second kappa shape index (κ2) is 5.68. The molecule has 1 rings (SSSR count). The van der Waals surface area contributed by atoms with Gasteiger partial charge in [0.25, 0.3) is 0 Å². The molecule has 0 radical (unpaired) electrons. The summed E-state index contributed by atoms with van der Waals surface area (Å²) in [4.78, 5) is 0. The summed E-state index contributed by atoms with van der Waals surface area (Å²) in [5.74, 6) is 0.522. The fraction of sp³-hybridized carbons (Fsp3) is 1.00. The van der Waals surface area contributed by atoms with Gasteiger partial charge >= 0.3 is 0 Å². The van der Waals surface area contributed by atoms with Crippen LogP contribution in [-0.2, 0) is 9.84 Å². The van der Waals surface area contributed by atoms with Crippen molar-refractivity contribution in [3.8, 4) is 0 Å². The molecule has 0 saturated carbocycles. The van der Waals surface area contributed by atoms with Crippen LogP contribution in [0.4, 0.5) is 0 Å². The lowest BCUT2D eigenvalue weighted by molar-refractivity contribution is 0.394. The first kappa shape index (κ1) is 11.9. The van der Waals surface area contributed by atoms with Crippen molar-refractivity contribution >= 4 is 9.84 Å². The van der Waals surface area contributed by atoms with Crippen LogP contribution in [0.15, 0.2) is 0 Å². The predicted molar refractivity (Wildman–Crippen MR) is 58.2 cm³/mol. The van der Waals surface area contributed by atoms with E-state index in [0.29, 0.717) is 12.6 Å². The Bertz CT molecular complexity index is 246. The van der Waals surface area contributed by atoms with E-state index in [4.69, 9.17) is 0 Å². The Morgan fingerprint density at radius 2 is 2.00 bits per heavy atom. The number of sulfone groups is 1. The van der Waals surface area contributed by atoms with E-state index in [9.17, 15) is 8.42 Å². The molecule has 0 aromatic rings. The highest BCUT2D eigenvalue weighted by atomic mass is 32.2. The van der Waals surface area contributed by atoms with E-state index in [0.717, 1.165) is 25.9 Å². The molecule has 0 aromatic carbocycles. The fourth-order valence-corrected chi connectivity index (χ4v) is 2.31. The van der Waals surface area contributed by atoms with Crippen LogP contribution in [-0.4, -0.2) is 45.6 Å². The highest BCUT2D eigenvalue weighted by Crippen LogP contribution is 2.01. The summed E-state index contributed by atoms with van der Waals surface area (Å²) in [6, 6.07) is 0.503. The SMILES string of the molecule is CCS(=O)(=O)CCNC1CCNCC1. The summed E-state index contributed by atoms with van der Waals surface area (Å²) >= 11 is 0. The summed E-state index contributed by atoms with van der Waals surface area (Å²) in [6.45, 7) is 4.37. The van der Waals surface area contributed by atoms with E-state index in [1.807, 2.05) is 0 Å². The maximum atomic E-state index is 11.2. The van der Waals surface area contributed by atoms with E-state index in [1.165, 1.54) is 0 Å². The Labute approximate surface area is 86.4 Å². The topological polar surface area (TPSA) is 58.2 Å². The smallest absolute Gasteiger partial charge is 0.151 e. The summed E-state index contributed by atoms with van der Waals surface area (Å²) in [7, 11) is -2.80. The van der Waals surface area contributed by atoms with Crippen LogP contribution in [0.2, 0.25) is 0 Å². The van der Waals surface area contributed by atoms with Crippen LogP contribution in [0.3, 0.4) is 0 Å². The monoisotopic (exact) mass is 220 g/mol. The maximum absolute atomic E-state index is 11.2. The first-order valence-electron chi connectivity index (χ1n) is 5.28. The molecule has 4 nitrogen and oxygen atoms in total. The average molecular weight is 220 g/mol. The molecule has 0 spiro atoms. The standard InChI is InChI=1S/C9H20N2O2S/c1-2-14(12,13)8-7-11-9-3-5-10-6-4-9/h9-11H,2-8H2,1H3. The van der Waals surface area contributed by atoms with Crippen LogP contribution in [0.25, 0.3) is 0 Å². The minimum atomic E-state index is -2.80. The van der Waals surface area contributed by atoms with Gasteiger partial charge in [-0.05, 0) is 25.9 Å². The molecule has 1 fully saturated rings. The lowest BCUT2D eigenvalue weighted by atomic mass is 10.1.